The predicted molar refractivity (Wildman–Crippen MR) is 127 cm³/mol. The Hall–Kier alpha value is -3.65. The molecule has 0 saturated heterocycles. The molecular weight excluding hydrogens is 474 g/mol. The number of anilines is 1. The van der Waals surface area contributed by atoms with Crippen LogP contribution in [-0.2, 0) is 4.79 Å². The maximum absolute atomic E-state index is 12.3. The molecule has 0 aliphatic carbocycles. The molecule has 0 bridgehead atoms. The maximum Gasteiger partial charge on any atom is 0.343 e. The highest BCUT2D eigenvalue weighted by atomic mass is 79.9. The number of hydrogen-bond donors (Lipinski definition) is 2. The van der Waals surface area contributed by atoms with E-state index in [0.717, 1.165) is 15.7 Å². The second kappa shape index (κ2) is 11.1. The molecule has 7 nitrogen and oxygen atoms in total. The smallest absolute Gasteiger partial charge is 0.343 e. The third-order valence-electron chi connectivity index (χ3n) is 4.46. The highest BCUT2D eigenvalue weighted by Crippen LogP contribution is 2.28. The molecule has 1 amide bonds. The van der Waals surface area contributed by atoms with Gasteiger partial charge in [-0.1, -0.05) is 34.1 Å². The molecule has 0 aliphatic rings. The van der Waals surface area contributed by atoms with Crippen molar-refractivity contribution in [3.8, 4) is 11.5 Å². The van der Waals surface area contributed by atoms with Crippen LogP contribution in [0.2, 0.25) is 0 Å². The van der Waals surface area contributed by atoms with Crippen LogP contribution in [0.1, 0.15) is 21.5 Å². The third-order valence-corrected chi connectivity index (χ3v) is 4.99. The first-order valence-electron chi connectivity index (χ1n) is 9.73. The van der Waals surface area contributed by atoms with Gasteiger partial charge >= 0.3 is 5.97 Å². The Morgan fingerprint density at radius 1 is 1.03 bits per heavy atom. The van der Waals surface area contributed by atoms with Crippen LogP contribution in [0.25, 0.3) is 0 Å². The zero-order valence-corrected chi connectivity index (χ0v) is 19.2. The van der Waals surface area contributed by atoms with Crippen LogP contribution in [0.3, 0.4) is 0 Å². The number of nitrogens with one attached hydrogen (secondary N) is 2. The number of rotatable bonds is 8. The second-order valence-corrected chi connectivity index (χ2v) is 7.68. The lowest BCUT2D eigenvalue weighted by molar-refractivity contribution is -0.119. The van der Waals surface area contributed by atoms with Crippen molar-refractivity contribution in [2.24, 2.45) is 5.10 Å². The summed E-state index contributed by atoms with van der Waals surface area (Å²) >= 11 is 3.33. The number of aryl methyl sites for hydroxylation is 1. The number of carbonyl (C=O) groups is 2. The number of halogens is 1. The molecule has 0 spiro atoms. The van der Waals surface area contributed by atoms with Gasteiger partial charge in [0, 0.05) is 10.2 Å². The van der Waals surface area contributed by atoms with Gasteiger partial charge in [-0.15, -0.1) is 0 Å². The lowest BCUT2D eigenvalue weighted by atomic mass is 10.2. The third kappa shape index (κ3) is 6.42. The van der Waals surface area contributed by atoms with Crippen LogP contribution >= 0.6 is 15.9 Å². The van der Waals surface area contributed by atoms with Crippen LogP contribution in [0.4, 0.5) is 5.69 Å². The summed E-state index contributed by atoms with van der Waals surface area (Å²) in [5.41, 5.74) is 5.50. The number of esters is 1. The average Bonchev–Trinajstić information content (AvgIpc) is 2.79. The predicted octanol–water partition coefficient (Wildman–Crippen LogP) is 4.55. The quantitative estimate of drug-likeness (QED) is 0.207. The van der Waals surface area contributed by atoms with Crippen molar-refractivity contribution in [1.29, 1.82) is 0 Å². The van der Waals surface area contributed by atoms with Crippen molar-refractivity contribution in [2.75, 3.05) is 19.0 Å². The average molecular weight is 496 g/mol. The second-order valence-electron chi connectivity index (χ2n) is 6.77. The van der Waals surface area contributed by atoms with E-state index in [1.165, 1.54) is 13.3 Å². The Morgan fingerprint density at radius 2 is 1.78 bits per heavy atom. The molecule has 0 fully saturated rings. The largest absolute Gasteiger partial charge is 0.493 e. The molecule has 3 aromatic rings. The van der Waals surface area contributed by atoms with Crippen LogP contribution in [0.5, 0.6) is 11.5 Å². The molecule has 0 atom stereocenters. The Morgan fingerprint density at radius 3 is 2.50 bits per heavy atom. The summed E-state index contributed by atoms with van der Waals surface area (Å²) in [5.74, 6) is -0.127. The van der Waals surface area contributed by atoms with E-state index in [4.69, 9.17) is 9.47 Å². The fraction of sp³-hybridized carbons (Fsp3) is 0.125. The number of nitrogens with zero attached hydrogens (tertiary/aromatic N) is 1. The zero-order valence-electron chi connectivity index (χ0n) is 17.6. The minimum atomic E-state index is -0.495. The summed E-state index contributed by atoms with van der Waals surface area (Å²) in [6.45, 7) is 2.06. The summed E-state index contributed by atoms with van der Waals surface area (Å²) in [6.07, 6.45) is 1.48. The molecule has 3 aromatic carbocycles. The maximum atomic E-state index is 12.3. The van der Waals surface area contributed by atoms with Crippen LogP contribution in [0.15, 0.2) is 76.3 Å². The van der Waals surface area contributed by atoms with E-state index in [9.17, 15) is 9.59 Å². The minimum absolute atomic E-state index is 0.0937. The Balaban J connectivity index is 1.57. The van der Waals surface area contributed by atoms with E-state index < -0.39 is 5.97 Å². The number of ether oxygens (including phenoxy) is 2. The van der Waals surface area contributed by atoms with Gasteiger partial charge in [0.05, 0.1) is 25.4 Å². The Bertz CT molecular complexity index is 1130. The van der Waals surface area contributed by atoms with E-state index in [2.05, 4.69) is 31.8 Å². The molecule has 3 rings (SSSR count). The van der Waals surface area contributed by atoms with Crippen LogP contribution in [-0.4, -0.2) is 31.7 Å². The van der Waals surface area contributed by atoms with E-state index in [1.807, 2.05) is 31.2 Å². The number of hydrazone groups is 1. The van der Waals surface area contributed by atoms with Gasteiger partial charge < -0.3 is 14.8 Å². The number of hydrogen-bond acceptors (Lipinski definition) is 6. The molecule has 0 aromatic heterocycles. The first kappa shape index (κ1) is 23.0. The first-order chi connectivity index (χ1) is 15.5. The number of methoxy groups -OCH3 is 1. The lowest BCUT2D eigenvalue weighted by Crippen LogP contribution is -2.26. The van der Waals surface area contributed by atoms with Crippen molar-refractivity contribution in [2.45, 2.75) is 6.92 Å². The Kier molecular flexibility index (Phi) is 7.99. The normalized spacial score (nSPS) is 10.6. The Labute approximate surface area is 194 Å². The monoisotopic (exact) mass is 495 g/mol. The van der Waals surface area contributed by atoms with Crippen molar-refractivity contribution >= 4 is 39.7 Å². The van der Waals surface area contributed by atoms with Gasteiger partial charge in [0.15, 0.2) is 11.5 Å². The summed E-state index contributed by atoms with van der Waals surface area (Å²) in [5, 5.41) is 7.03. The molecule has 0 saturated carbocycles. The molecule has 0 aliphatic heterocycles. The number of benzene rings is 3. The van der Waals surface area contributed by atoms with Crippen molar-refractivity contribution in [3.63, 3.8) is 0 Å². The molecule has 32 heavy (non-hydrogen) atoms. The molecule has 8 heteroatoms. The van der Waals surface area contributed by atoms with Crippen molar-refractivity contribution in [1.82, 2.24) is 5.43 Å². The highest BCUT2D eigenvalue weighted by molar-refractivity contribution is 9.10. The summed E-state index contributed by atoms with van der Waals surface area (Å²) in [4.78, 5) is 24.3. The molecular formula is C24H22BrN3O4. The van der Waals surface area contributed by atoms with Gasteiger partial charge in [0.1, 0.15) is 0 Å². The van der Waals surface area contributed by atoms with E-state index in [0.29, 0.717) is 16.9 Å². The number of para-hydroxylation sites is 1. The molecule has 0 radical (unpaired) electrons. The van der Waals surface area contributed by atoms with Gasteiger partial charge in [0.2, 0.25) is 0 Å². The molecule has 164 valence electrons. The van der Waals surface area contributed by atoms with Crippen molar-refractivity contribution in [3.05, 3.63) is 87.9 Å². The molecule has 2 N–H and O–H groups in total. The number of carbonyl (C=O) groups excluding carboxylic acids is 2. The minimum Gasteiger partial charge on any atom is -0.493 e. The summed E-state index contributed by atoms with van der Waals surface area (Å²) in [6, 6.07) is 19.5. The number of amides is 1. The van der Waals surface area contributed by atoms with Crippen molar-refractivity contribution < 1.29 is 19.1 Å². The van der Waals surface area contributed by atoms with E-state index in [1.54, 1.807) is 42.5 Å². The van der Waals surface area contributed by atoms with E-state index in [-0.39, 0.29) is 18.2 Å². The fourth-order valence-corrected chi connectivity index (χ4v) is 3.02. The summed E-state index contributed by atoms with van der Waals surface area (Å²) in [7, 11) is 1.48. The lowest BCUT2D eigenvalue weighted by Gasteiger charge is -2.10. The highest BCUT2D eigenvalue weighted by Gasteiger charge is 2.13. The van der Waals surface area contributed by atoms with Gasteiger partial charge in [-0.2, -0.15) is 5.10 Å². The summed E-state index contributed by atoms with van der Waals surface area (Å²) < 4.78 is 11.6. The zero-order chi connectivity index (χ0) is 22.9. The standard InChI is InChI=1S/C24H22BrN3O4/c1-16-5-3-4-6-20(16)26-15-23(29)28-27-14-17-7-12-21(22(13-17)31-2)32-24(30)18-8-10-19(25)11-9-18/h3-14,26H,15H2,1-2H3,(H,28,29). The van der Waals surface area contributed by atoms with Gasteiger partial charge in [-0.05, 0) is 66.6 Å². The van der Waals surface area contributed by atoms with Gasteiger partial charge in [-0.25, -0.2) is 10.2 Å². The van der Waals surface area contributed by atoms with Crippen LogP contribution in [0, 0.1) is 6.92 Å². The topological polar surface area (TPSA) is 89.0 Å². The molecule has 0 unspecified atom stereocenters. The molecule has 0 heterocycles. The van der Waals surface area contributed by atoms with Gasteiger partial charge in [-0.3, -0.25) is 4.79 Å². The van der Waals surface area contributed by atoms with E-state index >= 15 is 0 Å². The SMILES string of the molecule is COc1cc(C=NNC(=O)CNc2ccccc2C)ccc1OC(=O)c1ccc(Br)cc1. The van der Waals surface area contributed by atoms with Gasteiger partial charge in [0.25, 0.3) is 5.91 Å². The van der Waals surface area contributed by atoms with Crippen LogP contribution < -0.4 is 20.2 Å². The fourth-order valence-electron chi connectivity index (χ4n) is 2.76. The first-order valence-corrected chi connectivity index (χ1v) is 10.5.